The molecule has 11 nitrogen and oxygen atoms in total. The summed E-state index contributed by atoms with van der Waals surface area (Å²) in [5.74, 6) is -3.06. The van der Waals surface area contributed by atoms with Crippen LogP contribution in [-0.4, -0.2) is 46.4 Å². The van der Waals surface area contributed by atoms with Gasteiger partial charge in [0.1, 0.15) is 11.5 Å². The summed E-state index contributed by atoms with van der Waals surface area (Å²) < 4.78 is 74.5. The van der Waals surface area contributed by atoms with Gasteiger partial charge >= 0.3 is 23.8 Å². The largest absolute Gasteiger partial charge is 0.489 e. The fourth-order valence-corrected chi connectivity index (χ4v) is 3.19. The minimum atomic E-state index is -5.01. The van der Waals surface area contributed by atoms with Crippen molar-refractivity contribution in [1.82, 2.24) is 19.1 Å². The lowest BCUT2D eigenvalue weighted by Gasteiger charge is -2.16. The molecule has 2 aromatic heterocycles. The molecule has 0 aliphatic carbocycles. The number of carbonyl (C=O) groups excluding carboxylic acids is 1. The maximum atomic E-state index is 14.7. The molecule has 0 unspecified atom stereocenters. The molecular formula is C20H15ClF4N4O7. The zero-order valence-electron chi connectivity index (χ0n) is 18.8. The van der Waals surface area contributed by atoms with E-state index in [-0.39, 0.29) is 26.8 Å². The third-order valence-corrected chi connectivity index (χ3v) is 4.94. The van der Waals surface area contributed by atoms with Crippen LogP contribution in [0.25, 0.3) is 5.69 Å². The Kier molecular flexibility index (Phi) is 7.24. The number of carbonyl (C=O) groups is 1. The Labute approximate surface area is 203 Å². The van der Waals surface area contributed by atoms with Gasteiger partial charge in [-0.15, -0.1) is 0 Å². The fourth-order valence-electron chi connectivity index (χ4n) is 3.00. The molecule has 0 radical (unpaired) electrons. The highest BCUT2D eigenvalue weighted by molar-refractivity contribution is 6.32. The zero-order chi connectivity index (χ0) is 26.9. The van der Waals surface area contributed by atoms with Crippen molar-refractivity contribution in [3.63, 3.8) is 0 Å². The van der Waals surface area contributed by atoms with E-state index in [1.54, 1.807) is 0 Å². The number of hydrogen-bond donors (Lipinski definition) is 0. The number of nitrogens with zero attached hydrogens (tertiary/aromatic N) is 4. The van der Waals surface area contributed by atoms with E-state index in [4.69, 9.17) is 25.8 Å². The van der Waals surface area contributed by atoms with E-state index in [1.807, 2.05) is 0 Å². The number of benzene rings is 1. The molecule has 0 fully saturated rings. The van der Waals surface area contributed by atoms with E-state index < -0.39 is 63.1 Å². The van der Waals surface area contributed by atoms with Crippen molar-refractivity contribution in [2.24, 2.45) is 7.05 Å². The van der Waals surface area contributed by atoms with Gasteiger partial charge in [-0.3, -0.25) is 9.36 Å². The van der Waals surface area contributed by atoms with Gasteiger partial charge in [-0.1, -0.05) is 11.6 Å². The Morgan fingerprint density at radius 1 is 1.06 bits per heavy atom. The van der Waals surface area contributed by atoms with Crippen molar-refractivity contribution in [2.75, 3.05) is 21.3 Å². The number of rotatable bonds is 6. The van der Waals surface area contributed by atoms with Crippen molar-refractivity contribution < 1.29 is 41.3 Å². The molecular weight excluding hydrogens is 520 g/mol. The van der Waals surface area contributed by atoms with Gasteiger partial charge in [0.05, 0.1) is 32.0 Å². The van der Waals surface area contributed by atoms with E-state index in [9.17, 15) is 31.9 Å². The minimum Gasteiger partial charge on any atom is -0.489 e. The summed E-state index contributed by atoms with van der Waals surface area (Å²) in [4.78, 5) is 44.7. The van der Waals surface area contributed by atoms with Crippen LogP contribution < -0.4 is 25.5 Å². The van der Waals surface area contributed by atoms with E-state index in [0.717, 1.165) is 20.2 Å². The zero-order valence-corrected chi connectivity index (χ0v) is 19.5. The van der Waals surface area contributed by atoms with Crippen molar-refractivity contribution in [3.8, 4) is 29.1 Å². The lowest BCUT2D eigenvalue weighted by Crippen LogP contribution is -2.41. The predicted octanol–water partition coefficient (Wildman–Crippen LogP) is 2.73. The summed E-state index contributed by atoms with van der Waals surface area (Å²) in [6.07, 6.45) is -5.01. The highest BCUT2D eigenvalue weighted by atomic mass is 35.5. The van der Waals surface area contributed by atoms with Crippen molar-refractivity contribution in [3.05, 3.63) is 61.3 Å². The van der Waals surface area contributed by atoms with Crippen LogP contribution in [0.3, 0.4) is 0 Å². The average molecular weight is 535 g/mol. The summed E-state index contributed by atoms with van der Waals surface area (Å²) >= 11 is 6.01. The van der Waals surface area contributed by atoms with Crippen molar-refractivity contribution >= 4 is 17.6 Å². The quantitative estimate of drug-likeness (QED) is 0.347. The van der Waals surface area contributed by atoms with Crippen LogP contribution in [0.5, 0.6) is 23.4 Å². The van der Waals surface area contributed by atoms with E-state index in [2.05, 4.69) is 14.7 Å². The number of hydrogen-bond acceptors (Lipinski definition) is 9. The van der Waals surface area contributed by atoms with Crippen LogP contribution in [0.2, 0.25) is 5.02 Å². The van der Waals surface area contributed by atoms with Gasteiger partial charge in [-0.2, -0.15) is 23.1 Å². The van der Waals surface area contributed by atoms with E-state index in [0.29, 0.717) is 6.07 Å². The molecule has 2 heterocycles. The first-order chi connectivity index (χ1) is 16.8. The molecule has 0 saturated heterocycles. The highest BCUT2D eigenvalue weighted by Gasteiger charge is 2.35. The van der Waals surface area contributed by atoms with Crippen molar-refractivity contribution in [1.29, 1.82) is 0 Å². The van der Waals surface area contributed by atoms with Gasteiger partial charge in [0.25, 0.3) is 11.4 Å². The fraction of sp³-hybridized carbons (Fsp3) is 0.250. The minimum absolute atomic E-state index is 0.135. The number of halogens is 5. The van der Waals surface area contributed by atoms with E-state index in [1.165, 1.54) is 14.2 Å². The van der Waals surface area contributed by atoms with Crippen LogP contribution >= 0.6 is 11.6 Å². The monoisotopic (exact) mass is 534 g/mol. The van der Waals surface area contributed by atoms with Crippen LogP contribution in [0, 0.1) is 5.82 Å². The molecule has 0 saturated carbocycles. The van der Waals surface area contributed by atoms with Crippen LogP contribution in [0.15, 0.2) is 27.8 Å². The third kappa shape index (κ3) is 4.82. The van der Waals surface area contributed by atoms with Crippen LogP contribution in [-0.2, 0) is 18.0 Å². The highest BCUT2D eigenvalue weighted by Crippen LogP contribution is 2.35. The van der Waals surface area contributed by atoms with Crippen molar-refractivity contribution in [2.45, 2.75) is 6.18 Å². The molecule has 16 heteroatoms. The maximum absolute atomic E-state index is 14.7. The summed E-state index contributed by atoms with van der Waals surface area (Å²) in [6, 6.07) is 0.986. The molecule has 0 amide bonds. The Morgan fingerprint density at radius 2 is 1.72 bits per heavy atom. The third-order valence-electron chi connectivity index (χ3n) is 4.64. The summed E-state index contributed by atoms with van der Waals surface area (Å²) in [6.45, 7) is 0. The lowest BCUT2D eigenvalue weighted by atomic mass is 10.2. The van der Waals surface area contributed by atoms with Gasteiger partial charge < -0.3 is 18.9 Å². The molecule has 3 rings (SSSR count). The molecule has 0 atom stereocenters. The summed E-state index contributed by atoms with van der Waals surface area (Å²) in [7, 11) is 4.24. The smallest absolute Gasteiger partial charge is 0.431 e. The molecule has 192 valence electrons. The molecule has 0 N–H and O–H groups in total. The second kappa shape index (κ2) is 9.85. The second-order valence-corrected chi connectivity index (χ2v) is 7.17. The summed E-state index contributed by atoms with van der Waals surface area (Å²) in [5.41, 5.74) is -5.67. The number of esters is 1. The van der Waals surface area contributed by atoms with Crippen LogP contribution in [0.4, 0.5) is 17.6 Å². The van der Waals surface area contributed by atoms with E-state index >= 15 is 0 Å². The first-order valence-electron chi connectivity index (χ1n) is 9.49. The Bertz CT molecular complexity index is 1470. The molecule has 0 spiro atoms. The Balaban J connectivity index is 2.19. The lowest BCUT2D eigenvalue weighted by molar-refractivity contribution is -0.144. The molecule has 0 aliphatic heterocycles. The number of aromatic nitrogens is 4. The van der Waals surface area contributed by atoms with Crippen LogP contribution in [0.1, 0.15) is 16.2 Å². The topological polar surface area (TPSA) is 124 Å². The first-order valence-corrected chi connectivity index (χ1v) is 9.87. The maximum Gasteiger partial charge on any atom is 0.431 e. The van der Waals surface area contributed by atoms with Gasteiger partial charge in [-0.25, -0.2) is 18.5 Å². The Hall–Kier alpha value is -4.14. The number of alkyl halides is 3. The van der Waals surface area contributed by atoms with Gasteiger partial charge in [-0.05, 0) is 6.07 Å². The molecule has 1 aromatic carbocycles. The number of methoxy groups -OCH3 is 3. The van der Waals surface area contributed by atoms with Gasteiger partial charge in [0.15, 0.2) is 5.75 Å². The van der Waals surface area contributed by atoms with Gasteiger partial charge in [0.2, 0.25) is 11.4 Å². The average Bonchev–Trinajstić information content (AvgIpc) is 2.82. The number of ether oxygens (including phenoxy) is 4. The summed E-state index contributed by atoms with van der Waals surface area (Å²) in [5, 5.41) is -0.397. The molecule has 0 bridgehead atoms. The standard InChI is InChI=1S/C20H15ClF4N4O7/c1-28-12(20(23,24)25)7-13(30)29(19(28)32)10-6-11(8(21)5-9(10)22)36-18-26-14(17(31)35-4)15(33-2)16(27-18)34-3/h5-7H,1-4H3. The molecule has 36 heavy (non-hydrogen) atoms. The molecule has 3 aromatic rings. The van der Waals surface area contributed by atoms with Gasteiger partial charge in [0, 0.05) is 19.2 Å². The Morgan fingerprint density at radius 3 is 2.28 bits per heavy atom. The molecule has 0 aliphatic rings. The second-order valence-electron chi connectivity index (χ2n) is 6.77. The predicted molar refractivity (Wildman–Crippen MR) is 114 cm³/mol. The SMILES string of the molecule is COC(=O)c1nc(Oc2cc(-n3c(=O)cc(C(F)(F)F)n(C)c3=O)c(F)cc2Cl)nc(OC)c1OC. The normalized spacial score (nSPS) is 11.2. The first kappa shape index (κ1) is 26.5.